The number of hydrogen-bond acceptors (Lipinski definition) is 4. The summed E-state index contributed by atoms with van der Waals surface area (Å²) in [6, 6.07) is 3.06. The first-order chi connectivity index (χ1) is 7.25. The van der Waals surface area contributed by atoms with Crippen molar-refractivity contribution in [3.05, 3.63) is 17.7 Å². The Balaban J connectivity index is 2.03. The molecule has 2 N–H and O–H groups in total. The summed E-state index contributed by atoms with van der Waals surface area (Å²) in [5, 5.41) is 11.8. The molecule has 15 heavy (non-hydrogen) atoms. The smallest absolute Gasteiger partial charge is 0.326 e. The maximum absolute atomic E-state index is 10.8. The Morgan fingerprint density at radius 3 is 3.13 bits per heavy atom. The molecule has 5 heteroatoms. The minimum atomic E-state index is -0.848. The number of hydrogen-bond donors (Lipinski definition) is 2. The van der Waals surface area contributed by atoms with Gasteiger partial charge in [0.25, 0.3) is 0 Å². The van der Waals surface area contributed by atoms with Crippen LogP contribution in [0.15, 0.2) is 12.1 Å². The van der Waals surface area contributed by atoms with Crippen molar-refractivity contribution in [2.45, 2.75) is 12.5 Å². The van der Waals surface area contributed by atoms with Crippen LogP contribution in [0.2, 0.25) is 0 Å². The summed E-state index contributed by atoms with van der Waals surface area (Å²) < 4.78 is 10.5. The number of carbonyl (C=O) groups is 1. The van der Waals surface area contributed by atoms with E-state index in [1.54, 1.807) is 6.07 Å². The van der Waals surface area contributed by atoms with Crippen molar-refractivity contribution in [2.24, 2.45) is 0 Å². The summed E-state index contributed by atoms with van der Waals surface area (Å²) in [7, 11) is 0. The molecular formula is C10H9NO4. The molecule has 0 bridgehead atoms. The van der Waals surface area contributed by atoms with Crippen LogP contribution in [0.5, 0.6) is 11.5 Å². The van der Waals surface area contributed by atoms with Crippen LogP contribution in [0.1, 0.15) is 5.56 Å². The van der Waals surface area contributed by atoms with Crippen molar-refractivity contribution in [2.75, 3.05) is 12.1 Å². The van der Waals surface area contributed by atoms with E-state index in [1.165, 1.54) is 0 Å². The first kappa shape index (κ1) is 8.40. The van der Waals surface area contributed by atoms with Gasteiger partial charge in [-0.25, -0.2) is 4.79 Å². The Morgan fingerprint density at radius 2 is 2.33 bits per heavy atom. The third-order valence-electron chi connectivity index (χ3n) is 2.68. The largest absolute Gasteiger partial charge is 0.480 e. The fraction of sp³-hybridized carbons (Fsp3) is 0.300. The fourth-order valence-corrected chi connectivity index (χ4v) is 1.96. The van der Waals surface area contributed by atoms with Gasteiger partial charge < -0.3 is 19.9 Å². The van der Waals surface area contributed by atoms with Gasteiger partial charge in [0.05, 0.1) is 0 Å². The molecule has 2 heterocycles. The molecule has 0 saturated carbocycles. The van der Waals surface area contributed by atoms with Crippen molar-refractivity contribution >= 4 is 11.7 Å². The number of ether oxygens (including phenoxy) is 2. The Kier molecular flexibility index (Phi) is 1.56. The van der Waals surface area contributed by atoms with Crippen LogP contribution in [0.3, 0.4) is 0 Å². The van der Waals surface area contributed by atoms with Crippen molar-refractivity contribution in [3.63, 3.8) is 0 Å². The van der Waals surface area contributed by atoms with E-state index in [9.17, 15) is 4.79 Å². The van der Waals surface area contributed by atoms with E-state index in [0.717, 1.165) is 11.3 Å². The second-order valence-electron chi connectivity index (χ2n) is 3.56. The molecule has 0 radical (unpaired) electrons. The Morgan fingerprint density at radius 1 is 1.47 bits per heavy atom. The Labute approximate surface area is 85.6 Å². The average Bonchev–Trinajstić information content (AvgIpc) is 2.82. The minimum Gasteiger partial charge on any atom is -0.480 e. The van der Waals surface area contributed by atoms with E-state index in [2.05, 4.69) is 5.32 Å². The minimum absolute atomic E-state index is 0.212. The number of carboxylic acids is 1. The molecular weight excluding hydrogens is 198 g/mol. The molecule has 3 rings (SSSR count). The predicted octanol–water partition coefficient (Wildman–Crippen LogP) is 0.836. The van der Waals surface area contributed by atoms with E-state index in [1.807, 2.05) is 6.07 Å². The molecule has 2 aliphatic heterocycles. The number of nitrogens with one attached hydrogen (secondary N) is 1. The fourth-order valence-electron chi connectivity index (χ4n) is 1.96. The van der Waals surface area contributed by atoms with E-state index in [-0.39, 0.29) is 6.79 Å². The highest BCUT2D eigenvalue weighted by molar-refractivity contribution is 5.83. The van der Waals surface area contributed by atoms with Gasteiger partial charge in [0.1, 0.15) is 6.04 Å². The molecule has 0 amide bonds. The van der Waals surface area contributed by atoms with Crippen LogP contribution in [0, 0.1) is 0 Å². The van der Waals surface area contributed by atoms with E-state index in [4.69, 9.17) is 14.6 Å². The highest BCUT2D eigenvalue weighted by Crippen LogP contribution is 2.43. The standard InChI is InChI=1S/C10H9NO4/c12-10(13)7-3-5-6(11-7)1-2-8-9(5)15-4-14-8/h1-2,7,11H,3-4H2,(H,12,13). The highest BCUT2D eigenvalue weighted by Gasteiger charge is 2.32. The lowest BCUT2D eigenvalue weighted by Crippen LogP contribution is -2.26. The van der Waals surface area contributed by atoms with Gasteiger partial charge in [-0.2, -0.15) is 0 Å². The van der Waals surface area contributed by atoms with Crippen LogP contribution in [-0.2, 0) is 11.2 Å². The maximum Gasteiger partial charge on any atom is 0.326 e. The zero-order chi connectivity index (χ0) is 10.4. The molecule has 2 aliphatic rings. The summed E-state index contributed by atoms with van der Waals surface area (Å²) in [5.41, 5.74) is 1.73. The number of anilines is 1. The average molecular weight is 207 g/mol. The van der Waals surface area contributed by atoms with Gasteiger partial charge in [-0.05, 0) is 12.1 Å². The molecule has 78 valence electrons. The quantitative estimate of drug-likeness (QED) is 0.714. The van der Waals surface area contributed by atoms with Gasteiger partial charge >= 0.3 is 5.97 Å². The normalized spacial score (nSPS) is 20.9. The van der Waals surface area contributed by atoms with Crippen LogP contribution in [-0.4, -0.2) is 23.9 Å². The van der Waals surface area contributed by atoms with Gasteiger partial charge in [0.15, 0.2) is 11.5 Å². The first-order valence-corrected chi connectivity index (χ1v) is 4.66. The lowest BCUT2D eigenvalue weighted by molar-refractivity contribution is -0.137. The third kappa shape index (κ3) is 1.12. The molecule has 1 aromatic rings. The Hall–Kier alpha value is -1.91. The van der Waals surface area contributed by atoms with Crippen molar-refractivity contribution in [3.8, 4) is 11.5 Å². The zero-order valence-corrected chi connectivity index (χ0v) is 7.82. The van der Waals surface area contributed by atoms with Crippen LogP contribution >= 0.6 is 0 Å². The summed E-state index contributed by atoms with van der Waals surface area (Å²) in [6.07, 6.45) is 0.442. The second-order valence-corrected chi connectivity index (χ2v) is 3.56. The lowest BCUT2D eigenvalue weighted by Gasteiger charge is -2.03. The van der Waals surface area contributed by atoms with Gasteiger partial charge in [0.2, 0.25) is 6.79 Å². The van der Waals surface area contributed by atoms with Crippen molar-refractivity contribution < 1.29 is 19.4 Å². The SMILES string of the molecule is O=C(O)C1Cc2c(ccc3c2OCO3)N1. The third-order valence-corrected chi connectivity index (χ3v) is 2.68. The number of rotatable bonds is 1. The van der Waals surface area contributed by atoms with Crippen molar-refractivity contribution in [1.82, 2.24) is 0 Å². The predicted molar refractivity (Wildman–Crippen MR) is 51.3 cm³/mol. The summed E-state index contributed by atoms with van der Waals surface area (Å²) in [5.74, 6) is 0.532. The van der Waals surface area contributed by atoms with Crippen molar-refractivity contribution in [1.29, 1.82) is 0 Å². The van der Waals surface area contributed by atoms with Gasteiger partial charge in [-0.15, -0.1) is 0 Å². The summed E-state index contributed by atoms with van der Waals surface area (Å²) >= 11 is 0. The van der Waals surface area contributed by atoms with Gasteiger partial charge in [0, 0.05) is 17.7 Å². The summed E-state index contributed by atoms with van der Waals surface area (Å²) in [6.45, 7) is 0.212. The molecule has 0 aromatic heterocycles. The number of carboxylic acid groups (broad SMARTS) is 1. The number of benzene rings is 1. The number of fused-ring (bicyclic) bond motifs is 3. The highest BCUT2D eigenvalue weighted by atomic mass is 16.7. The second kappa shape index (κ2) is 2.79. The molecule has 1 atom stereocenters. The van der Waals surface area contributed by atoms with E-state index >= 15 is 0 Å². The molecule has 5 nitrogen and oxygen atoms in total. The molecule has 0 fully saturated rings. The topological polar surface area (TPSA) is 67.8 Å². The van der Waals surface area contributed by atoms with Gasteiger partial charge in [-0.1, -0.05) is 0 Å². The molecule has 0 spiro atoms. The first-order valence-electron chi connectivity index (χ1n) is 4.66. The lowest BCUT2D eigenvalue weighted by atomic mass is 10.1. The van der Waals surface area contributed by atoms with E-state index < -0.39 is 12.0 Å². The molecule has 1 aromatic carbocycles. The monoisotopic (exact) mass is 207 g/mol. The van der Waals surface area contributed by atoms with Crippen LogP contribution in [0.4, 0.5) is 5.69 Å². The van der Waals surface area contributed by atoms with Crippen LogP contribution < -0.4 is 14.8 Å². The maximum atomic E-state index is 10.8. The Bertz CT molecular complexity index is 443. The molecule has 1 unspecified atom stereocenters. The molecule has 0 saturated heterocycles. The van der Waals surface area contributed by atoms with Gasteiger partial charge in [-0.3, -0.25) is 0 Å². The van der Waals surface area contributed by atoms with Crippen LogP contribution in [0.25, 0.3) is 0 Å². The summed E-state index contributed by atoms with van der Waals surface area (Å²) in [4.78, 5) is 10.8. The van der Waals surface area contributed by atoms with E-state index in [0.29, 0.717) is 17.9 Å². The zero-order valence-electron chi connectivity index (χ0n) is 7.82. The number of aliphatic carboxylic acids is 1. The molecule has 0 aliphatic carbocycles.